The Labute approximate surface area is 133 Å². The van der Waals surface area contributed by atoms with Crippen molar-refractivity contribution in [1.29, 1.82) is 0 Å². The van der Waals surface area contributed by atoms with Crippen LogP contribution in [0, 0.1) is 0 Å². The highest BCUT2D eigenvalue weighted by Gasteiger charge is 2.09. The molecule has 0 bridgehead atoms. The third-order valence-electron chi connectivity index (χ3n) is 3.16. The summed E-state index contributed by atoms with van der Waals surface area (Å²) in [6, 6.07) is 11.1. The number of hydrogen-bond acceptors (Lipinski definition) is 5. The van der Waals surface area contributed by atoms with E-state index in [1.165, 1.54) is 22.2 Å². The maximum Gasteiger partial charge on any atom is 0.291 e. The van der Waals surface area contributed by atoms with Crippen molar-refractivity contribution in [3.8, 4) is 11.3 Å². The Hall–Kier alpha value is -2.44. The van der Waals surface area contributed by atoms with Gasteiger partial charge >= 0.3 is 0 Å². The third-order valence-corrected chi connectivity index (χ3v) is 4.46. The highest BCUT2D eigenvalue weighted by molar-refractivity contribution is 7.15. The number of benzene rings is 1. The first-order chi connectivity index (χ1) is 10.7. The van der Waals surface area contributed by atoms with E-state index in [9.17, 15) is 4.79 Å². The fraction of sp³-hybridized carbons (Fsp3) is 0. The Morgan fingerprint density at radius 2 is 2.09 bits per heavy atom. The highest BCUT2D eigenvalue weighted by Crippen LogP contribution is 2.29. The maximum absolute atomic E-state index is 12.1. The van der Waals surface area contributed by atoms with Gasteiger partial charge in [0.25, 0.3) is 5.56 Å². The molecule has 4 aromatic rings. The summed E-state index contributed by atoms with van der Waals surface area (Å²) >= 11 is 7.42. The molecule has 3 heterocycles. The van der Waals surface area contributed by atoms with Crippen molar-refractivity contribution in [1.82, 2.24) is 14.6 Å². The summed E-state index contributed by atoms with van der Waals surface area (Å²) in [6.45, 7) is 0. The van der Waals surface area contributed by atoms with E-state index in [-0.39, 0.29) is 5.56 Å². The largest absolute Gasteiger partial charge is 0.457 e. The molecular weight excluding hydrogens is 322 g/mol. The van der Waals surface area contributed by atoms with Crippen LogP contribution in [-0.2, 0) is 0 Å². The Balaban J connectivity index is 1.80. The molecule has 0 N–H and O–H groups in total. The van der Waals surface area contributed by atoms with Gasteiger partial charge in [-0.1, -0.05) is 35.1 Å². The van der Waals surface area contributed by atoms with Crippen molar-refractivity contribution in [3.63, 3.8) is 0 Å². The van der Waals surface area contributed by atoms with Crippen molar-refractivity contribution in [3.05, 3.63) is 68.4 Å². The molecule has 0 fully saturated rings. The quantitative estimate of drug-likeness (QED) is 0.567. The lowest BCUT2D eigenvalue weighted by molar-refractivity contribution is 0.571. The monoisotopic (exact) mass is 329 g/mol. The predicted octanol–water partition coefficient (Wildman–Crippen LogP) is 2.61. The maximum atomic E-state index is 12.1. The van der Waals surface area contributed by atoms with Gasteiger partial charge in [0.05, 0.1) is 5.02 Å². The number of nitrogens with zero attached hydrogens (tertiary/aromatic N) is 3. The fourth-order valence-electron chi connectivity index (χ4n) is 2.14. The van der Waals surface area contributed by atoms with Crippen molar-refractivity contribution in [2.75, 3.05) is 0 Å². The molecule has 1 aromatic carbocycles. The van der Waals surface area contributed by atoms with Gasteiger partial charge in [-0.15, -0.1) is 0 Å². The molecule has 0 aliphatic heterocycles. The van der Waals surface area contributed by atoms with Gasteiger partial charge in [0.1, 0.15) is 22.4 Å². The lowest BCUT2D eigenvalue weighted by Gasteiger charge is -1.98. The second-order valence-corrected chi connectivity index (χ2v) is 5.97. The number of fused-ring (bicyclic) bond motifs is 1. The van der Waals surface area contributed by atoms with Crippen LogP contribution in [0.5, 0.6) is 0 Å². The summed E-state index contributed by atoms with van der Waals surface area (Å²) in [5, 5.41) is 4.50. The van der Waals surface area contributed by atoms with Gasteiger partial charge in [-0.05, 0) is 24.3 Å². The number of furan rings is 1. The van der Waals surface area contributed by atoms with Crippen LogP contribution in [0.4, 0.5) is 0 Å². The Morgan fingerprint density at radius 3 is 2.91 bits per heavy atom. The van der Waals surface area contributed by atoms with Crippen LogP contribution >= 0.6 is 22.9 Å². The average Bonchev–Trinajstić information content (AvgIpc) is 3.20. The first-order valence-corrected chi connectivity index (χ1v) is 7.61. The second-order valence-electron chi connectivity index (χ2n) is 4.55. The SMILES string of the molecule is O=c1/c(=C/c2ccc(-c3ccccc3Cl)o2)sc2ncnn12. The van der Waals surface area contributed by atoms with Crippen LogP contribution < -0.4 is 10.1 Å². The summed E-state index contributed by atoms with van der Waals surface area (Å²) in [6.07, 6.45) is 3.04. The number of aromatic nitrogens is 3. The summed E-state index contributed by atoms with van der Waals surface area (Å²) in [4.78, 5) is 16.7. The average molecular weight is 330 g/mol. The second kappa shape index (κ2) is 5.08. The molecule has 0 radical (unpaired) electrons. The topological polar surface area (TPSA) is 60.4 Å². The summed E-state index contributed by atoms with van der Waals surface area (Å²) < 4.78 is 7.56. The van der Waals surface area contributed by atoms with Gasteiger partial charge in [-0.2, -0.15) is 9.61 Å². The van der Waals surface area contributed by atoms with Crippen LogP contribution in [0.3, 0.4) is 0 Å². The van der Waals surface area contributed by atoms with E-state index < -0.39 is 0 Å². The van der Waals surface area contributed by atoms with Crippen molar-refractivity contribution >= 4 is 34.0 Å². The summed E-state index contributed by atoms with van der Waals surface area (Å²) in [5.41, 5.74) is 0.613. The molecular formula is C15H8ClN3O2S. The Morgan fingerprint density at radius 1 is 1.23 bits per heavy atom. The van der Waals surface area contributed by atoms with Crippen molar-refractivity contribution < 1.29 is 4.42 Å². The van der Waals surface area contributed by atoms with E-state index in [4.69, 9.17) is 16.0 Å². The van der Waals surface area contributed by atoms with Gasteiger partial charge in [0.15, 0.2) is 0 Å². The van der Waals surface area contributed by atoms with E-state index in [0.29, 0.717) is 26.0 Å². The molecule has 5 nitrogen and oxygen atoms in total. The molecule has 0 unspecified atom stereocenters. The molecule has 0 saturated carbocycles. The molecule has 0 saturated heterocycles. The van der Waals surface area contributed by atoms with Crippen LogP contribution in [0.2, 0.25) is 5.02 Å². The van der Waals surface area contributed by atoms with E-state index in [1.54, 1.807) is 18.2 Å². The zero-order chi connectivity index (χ0) is 15.1. The van der Waals surface area contributed by atoms with Gasteiger partial charge < -0.3 is 4.42 Å². The minimum absolute atomic E-state index is 0.201. The van der Waals surface area contributed by atoms with Crippen LogP contribution in [0.1, 0.15) is 5.76 Å². The van der Waals surface area contributed by atoms with E-state index in [1.807, 2.05) is 24.3 Å². The highest BCUT2D eigenvalue weighted by atomic mass is 35.5. The Bertz CT molecular complexity index is 1080. The minimum atomic E-state index is -0.201. The van der Waals surface area contributed by atoms with E-state index in [2.05, 4.69) is 10.1 Å². The molecule has 3 aromatic heterocycles. The summed E-state index contributed by atoms with van der Waals surface area (Å²) in [7, 11) is 0. The molecule has 0 amide bonds. The summed E-state index contributed by atoms with van der Waals surface area (Å²) in [5.74, 6) is 1.24. The predicted molar refractivity (Wildman–Crippen MR) is 85.1 cm³/mol. The zero-order valence-corrected chi connectivity index (χ0v) is 12.6. The molecule has 108 valence electrons. The van der Waals surface area contributed by atoms with Crippen LogP contribution in [0.25, 0.3) is 22.4 Å². The Kier molecular flexibility index (Phi) is 3.06. The minimum Gasteiger partial charge on any atom is -0.457 e. The van der Waals surface area contributed by atoms with E-state index >= 15 is 0 Å². The van der Waals surface area contributed by atoms with Crippen molar-refractivity contribution in [2.45, 2.75) is 0 Å². The van der Waals surface area contributed by atoms with E-state index in [0.717, 1.165) is 5.56 Å². The lowest BCUT2D eigenvalue weighted by atomic mass is 10.2. The number of rotatable bonds is 2. The number of hydrogen-bond donors (Lipinski definition) is 0. The molecule has 0 aliphatic rings. The van der Waals surface area contributed by atoms with Crippen LogP contribution in [-0.4, -0.2) is 14.6 Å². The number of thiazole rings is 1. The molecule has 22 heavy (non-hydrogen) atoms. The number of halogens is 1. The molecule has 4 rings (SSSR count). The van der Waals surface area contributed by atoms with Crippen molar-refractivity contribution in [2.24, 2.45) is 0 Å². The molecule has 7 heteroatoms. The first-order valence-electron chi connectivity index (χ1n) is 6.41. The molecule has 0 aliphatic carbocycles. The fourth-order valence-corrected chi connectivity index (χ4v) is 3.23. The molecule has 0 spiro atoms. The zero-order valence-electron chi connectivity index (χ0n) is 11.1. The van der Waals surface area contributed by atoms with Gasteiger partial charge in [-0.25, -0.2) is 4.98 Å². The van der Waals surface area contributed by atoms with Gasteiger partial charge in [0, 0.05) is 11.6 Å². The first kappa shape index (κ1) is 13.2. The van der Waals surface area contributed by atoms with Gasteiger partial charge in [0.2, 0.25) is 4.96 Å². The third kappa shape index (κ3) is 2.13. The lowest BCUT2D eigenvalue weighted by Crippen LogP contribution is -2.23. The normalized spacial score (nSPS) is 12.3. The standard InChI is InChI=1S/C15H8ClN3O2S/c16-11-4-2-1-3-10(11)12-6-5-9(21-12)7-13-14(20)19-15(22-13)17-8-18-19/h1-8H/b13-7-. The van der Waals surface area contributed by atoms with Crippen LogP contribution in [0.15, 0.2) is 51.9 Å². The van der Waals surface area contributed by atoms with Gasteiger partial charge in [-0.3, -0.25) is 4.79 Å². The molecule has 0 atom stereocenters. The smallest absolute Gasteiger partial charge is 0.291 e.